The molecule has 1 N–H and O–H groups in total. The molecule has 1 atom stereocenters. The molecule has 0 bridgehead atoms. The van der Waals surface area contributed by atoms with Crippen molar-refractivity contribution in [3.8, 4) is 0 Å². The molecule has 1 aromatic rings. The smallest absolute Gasteiger partial charge is 0.354 e. The van der Waals surface area contributed by atoms with Crippen LogP contribution in [0, 0.1) is 11.8 Å². The highest BCUT2D eigenvalue weighted by Gasteiger charge is 2.35. The molecule has 0 aromatic carbocycles. The van der Waals surface area contributed by atoms with E-state index < -0.39 is 12.6 Å². The van der Waals surface area contributed by atoms with Crippen molar-refractivity contribution in [2.75, 3.05) is 25.0 Å². The van der Waals surface area contributed by atoms with E-state index in [1.165, 1.54) is 12.3 Å². The molecule has 1 saturated carbocycles. The highest BCUT2D eigenvalue weighted by atomic mass is 19.4. The van der Waals surface area contributed by atoms with Crippen molar-refractivity contribution in [1.82, 2.24) is 14.9 Å². The number of nitrogens with one attached hydrogen (secondary N) is 1. The van der Waals surface area contributed by atoms with Crippen LogP contribution < -0.4 is 5.32 Å². The molecule has 0 spiro atoms. The van der Waals surface area contributed by atoms with Gasteiger partial charge in [-0.2, -0.15) is 13.2 Å². The lowest BCUT2D eigenvalue weighted by Gasteiger charge is -2.33. The first-order valence-electron chi connectivity index (χ1n) is 8.82. The number of aryl methyl sites for hydroxylation is 1. The van der Waals surface area contributed by atoms with Crippen LogP contribution in [0.2, 0.25) is 0 Å². The van der Waals surface area contributed by atoms with E-state index in [1.54, 1.807) is 0 Å². The number of piperidine rings is 1. The lowest BCUT2D eigenvalue weighted by Crippen LogP contribution is -2.42. The molecular formula is C17H23F3N4O. The Morgan fingerprint density at radius 1 is 1.32 bits per heavy atom. The number of rotatable bonds is 6. The number of carbonyl (C=O) groups excluding carboxylic acids is 1. The molecule has 5 nitrogen and oxygen atoms in total. The summed E-state index contributed by atoms with van der Waals surface area (Å²) in [4.78, 5) is 22.3. The van der Waals surface area contributed by atoms with Crippen LogP contribution in [0.5, 0.6) is 0 Å². The third-order valence-electron chi connectivity index (χ3n) is 4.68. The van der Waals surface area contributed by atoms with Crippen LogP contribution >= 0.6 is 0 Å². The van der Waals surface area contributed by atoms with E-state index in [0.29, 0.717) is 24.1 Å². The Balaban J connectivity index is 1.48. The van der Waals surface area contributed by atoms with Crippen LogP contribution in [-0.4, -0.2) is 46.6 Å². The maximum absolute atomic E-state index is 12.3. The van der Waals surface area contributed by atoms with E-state index in [2.05, 4.69) is 15.3 Å². The number of halogens is 3. The Morgan fingerprint density at radius 2 is 2.12 bits per heavy atom. The van der Waals surface area contributed by atoms with E-state index in [4.69, 9.17) is 0 Å². The van der Waals surface area contributed by atoms with Crippen LogP contribution in [-0.2, 0) is 11.2 Å². The zero-order valence-electron chi connectivity index (χ0n) is 14.1. The summed E-state index contributed by atoms with van der Waals surface area (Å²) in [5, 5.41) is 3.11. The van der Waals surface area contributed by atoms with Gasteiger partial charge in [-0.05, 0) is 44.1 Å². The summed E-state index contributed by atoms with van der Waals surface area (Å²) in [5.41, 5.74) is 0.379. The Kier molecular flexibility index (Phi) is 5.44. The van der Waals surface area contributed by atoms with E-state index in [9.17, 15) is 18.0 Å². The second-order valence-electron chi connectivity index (χ2n) is 6.93. The fourth-order valence-corrected chi connectivity index (χ4v) is 3.15. The molecule has 2 heterocycles. The Morgan fingerprint density at radius 3 is 2.84 bits per heavy atom. The highest BCUT2D eigenvalue weighted by molar-refractivity contribution is 5.81. The van der Waals surface area contributed by atoms with Crippen LogP contribution in [0.4, 0.5) is 19.1 Å². The van der Waals surface area contributed by atoms with Gasteiger partial charge in [0, 0.05) is 43.9 Å². The molecule has 25 heavy (non-hydrogen) atoms. The molecule has 0 radical (unpaired) electrons. The van der Waals surface area contributed by atoms with Gasteiger partial charge >= 0.3 is 6.18 Å². The van der Waals surface area contributed by atoms with Gasteiger partial charge in [-0.15, -0.1) is 0 Å². The first-order valence-corrected chi connectivity index (χ1v) is 8.82. The van der Waals surface area contributed by atoms with Gasteiger partial charge in [-0.3, -0.25) is 4.79 Å². The predicted octanol–water partition coefficient (Wildman–Crippen LogP) is 3.03. The minimum Gasteiger partial charge on any atom is -0.354 e. The molecule has 3 rings (SSSR count). The Labute approximate surface area is 145 Å². The van der Waals surface area contributed by atoms with Crippen molar-refractivity contribution in [2.45, 2.75) is 44.7 Å². The number of hydrogen-bond donors (Lipinski definition) is 1. The second kappa shape index (κ2) is 7.58. The normalized spacial score (nSPS) is 21.2. The fraction of sp³-hybridized carbons (Fsp3) is 0.706. The number of nitrogens with zero attached hydrogens (tertiary/aromatic N) is 3. The van der Waals surface area contributed by atoms with Gasteiger partial charge in [0.25, 0.3) is 0 Å². The number of carbonyl (C=O) groups is 1. The summed E-state index contributed by atoms with van der Waals surface area (Å²) in [6.07, 6.45) is 0.293. The third-order valence-corrected chi connectivity index (χ3v) is 4.68. The van der Waals surface area contributed by atoms with E-state index >= 15 is 0 Å². The predicted molar refractivity (Wildman–Crippen MR) is 86.9 cm³/mol. The minimum absolute atomic E-state index is 0.145. The lowest BCUT2D eigenvalue weighted by atomic mass is 9.97. The zero-order valence-corrected chi connectivity index (χ0v) is 14.1. The van der Waals surface area contributed by atoms with Gasteiger partial charge in [-0.1, -0.05) is 0 Å². The Bertz CT molecular complexity index is 604. The van der Waals surface area contributed by atoms with Crippen LogP contribution in [0.25, 0.3) is 0 Å². The first kappa shape index (κ1) is 17.9. The van der Waals surface area contributed by atoms with Crippen molar-refractivity contribution in [1.29, 1.82) is 0 Å². The maximum atomic E-state index is 12.3. The van der Waals surface area contributed by atoms with Crippen LogP contribution in [0.3, 0.4) is 0 Å². The number of hydrogen-bond acceptors (Lipinski definition) is 4. The van der Waals surface area contributed by atoms with Gasteiger partial charge in [0.2, 0.25) is 11.9 Å². The monoisotopic (exact) mass is 356 g/mol. The number of likely N-dealkylation sites (tertiary alicyclic amines) is 1. The summed E-state index contributed by atoms with van der Waals surface area (Å²) < 4.78 is 36.9. The standard InChI is InChI=1S/C17H23F3N4O/c18-17(19,20)7-5-14-6-8-21-16(23-14)22-10-12-2-1-9-24(11-12)15(25)13-3-4-13/h6,8,12-13H,1-5,7,9-11H2,(H,21,22,23). The first-order chi connectivity index (χ1) is 11.9. The van der Waals surface area contributed by atoms with E-state index in [1.807, 2.05) is 4.90 Å². The van der Waals surface area contributed by atoms with Crippen molar-refractivity contribution < 1.29 is 18.0 Å². The minimum atomic E-state index is -4.18. The molecule has 1 aliphatic carbocycles. The van der Waals surface area contributed by atoms with Crippen molar-refractivity contribution >= 4 is 11.9 Å². The fourth-order valence-electron chi connectivity index (χ4n) is 3.15. The van der Waals surface area contributed by atoms with Crippen molar-refractivity contribution in [3.05, 3.63) is 18.0 Å². The van der Waals surface area contributed by atoms with Gasteiger partial charge in [0.15, 0.2) is 0 Å². The number of anilines is 1. The summed E-state index contributed by atoms with van der Waals surface area (Å²) in [7, 11) is 0. The zero-order chi connectivity index (χ0) is 17.9. The molecule has 1 aliphatic heterocycles. The number of amides is 1. The number of aromatic nitrogens is 2. The van der Waals surface area contributed by atoms with Gasteiger partial charge < -0.3 is 10.2 Å². The van der Waals surface area contributed by atoms with E-state index in [-0.39, 0.29) is 18.2 Å². The molecular weight excluding hydrogens is 333 g/mol. The van der Waals surface area contributed by atoms with Crippen molar-refractivity contribution in [2.24, 2.45) is 11.8 Å². The molecule has 2 fully saturated rings. The van der Waals surface area contributed by atoms with Crippen molar-refractivity contribution in [3.63, 3.8) is 0 Å². The summed E-state index contributed by atoms with van der Waals surface area (Å²) in [6, 6.07) is 1.51. The van der Waals surface area contributed by atoms with Gasteiger partial charge in [0.05, 0.1) is 0 Å². The summed E-state index contributed by atoms with van der Waals surface area (Å²) >= 11 is 0. The van der Waals surface area contributed by atoms with Crippen LogP contribution in [0.1, 0.15) is 37.8 Å². The SMILES string of the molecule is O=C(C1CC1)N1CCCC(CNc2nccc(CCC(F)(F)F)n2)C1. The summed E-state index contributed by atoms with van der Waals surface area (Å²) in [5.74, 6) is 1.18. The molecule has 1 unspecified atom stereocenters. The quantitative estimate of drug-likeness (QED) is 0.851. The largest absolute Gasteiger partial charge is 0.389 e. The van der Waals surface area contributed by atoms with Crippen LogP contribution in [0.15, 0.2) is 12.3 Å². The molecule has 138 valence electrons. The highest BCUT2D eigenvalue weighted by Crippen LogP contribution is 2.32. The average Bonchev–Trinajstić information content (AvgIpc) is 3.43. The topological polar surface area (TPSA) is 58.1 Å². The van der Waals surface area contributed by atoms with Gasteiger partial charge in [-0.25, -0.2) is 9.97 Å². The molecule has 8 heteroatoms. The molecule has 1 saturated heterocycles. The van der Waals surface area contributed by atoms with Gasteiger partial charge in [0.1, 0.15) is 0 Å². The molecule has 1 amide bonds. The molecule has 2 aliphatic rings. The average molecular weight is 356 g/mol. The number of alkyl halides is 3. The lowest BCUT2D eigenvalue weighted by molar-refractivity contribution is -0.135. The summed E-state index contributed by atoms with van der Waals surface area (Å²) in [6.45, 7) is 2.18. The maximum Gasteiger partial charge on any atom is 0.389 e. The van der Waals surface area contributed by atoms with E-state index in [0.717, 1.165) is 38.8 Å². The molecule has 1 aromatic heterocycles. The third kappa shape index (κ3) is 5.57. The second-order valence-corrected chi connectivity index (χ2v) is 6.93. The Hall–Kier alpha value is -1.86.